The van der Waals surface area contributed by atoms with Crippen LogP contribution in [0.2, 0.25) is 4.34 Å². The molecule has 2 rings (SSSR count). The van der Waals surface area contributed by atoms with Crippen LogP contribution in [-0.4, -0.2) is 12.2 Å². The summed E-state index contributed by atoms with van der Waals surface area (Å²) in [5.41, 5.74) is 5.67. The van der Waals surface area contributed by atoms with E-state index in [1.807, 2.05) is 19.1 Å². The van der Waals surface area contributed by atoms with Crippen molar-refractivity contribution in [3.05, 3.63) is 21.3 Å². The zero-order chi connectivity index (χ0) is 10.3. The van der Waals surface area contributed by atoms with Gasteiger partial charge in [0.2, 0.25) is 0 Å². The average Bonchev–Trinajstić information content (AvgIpc) is 2.56. The summed E-state index contributed by atoms with van der Waals surface area (Å²) in [6.07, 6.45) is 0.620. The van der Waals surface area contributed by atoms with Crippen molar-refractivity contribution in [1.82, 2.24) is 0 Å². The molecule has 1 aromatic rings. The minimum Gasteiger partial charge on any atom is -0.327 e. The van der Waals surface area contributed by atoms with Crippen molar-refractivity contribution in [2.45, 2.75) is 32.0 Å². The highest BCUT2D eigenvalue weighted by Crippen LogP contribution is 2.51. The van der Waals surface area contributed by atoms with E-state index in [1.165, 1.54) is 11.3 Å². The second-order valence-corrected chi connectivity index (χ2v) is 5.99. The number of rotatable bonds is 3. The first-order chi connectivity index (χ1) is 6.52. The molecule has 0 amide bonds. The van der Waals surface area contributed by atoms with Gasteiger partial charge in [0.25, 0.3) is 0 Å². The van der Waals surface area contributed by atoms with Gasteiger partial charge in [0, 0.05) is 16.3 Å². The molecule has 0 radical (unpaired) electrons. The van der Waals surface area contributed by atoms with Crippen molar-refractivity contribution in [3.63, 3.8) is 0 Å². The maximum absolute atomic E-state index is 13.0. The molecule has 1 aliphatic carbocycles. The lowest BCUT2D eigenvalue weighted by Gasteiger charge is -2.17. The fraction of sp³-hybridized carbons (Fsp3) is 0.600. The predicted molar refractivity (Wildman–Crippen MR) is 58.6 cm³/mol. The minimum absolute atomic E-state index is 0.0905. The molecule has 1 saturated carbocycles. The molecule has 1 heterocycles. The fourth-order valence-corrected chi connectivity index (χ4v) is 2.77. The Bertz CT molecular complexity index is 341. The van der Waals surface area contributed by atoms with Crippen molar-refractivity contribution in [1.29, 1.82) is 0 Å². The van der Waals surface area contributed by atoms with E-state index in [2.05, 4.69) is 0 Å². The fourth-order valence-electron chi connectivity index (χ4n) is 1.62. The Morgan fingerprint density at radius 1 is 1.79 bits per heavy atom. The standard InChI is InChI=1S/C10H13ClFNS/c1-10(5-7(10)12)8(13)4-6-2-3-9(11)14-6/h2-3,7-8H,4-5,13H2,1H3. The monoisotopic (exact) mass is 233 g/mol. The summed E-state index contributed by atoms with van der Waals surface area (Å²) < 4.78 is 13.8. The third kappa shape index (κ3) is 1.81. The van der Waals surface area contributed by atoms with Crippen LogP contribution < -0.4 is 5.73 Å². The van der Waals surface area contributed by atoms with E-state index in [-0.39, 0.29) is 11.5 Å². The van der Waals surface area contributed by atoms with Crippen molar-refractivity contribution < 1.29 is 4.39 Å². The van der Waals surface area contributed by atoms with Crippen LogP contribution in [0.3, 0.4) is 0 Å². The molecule has 1 aromatic heterocycles. The molecule has 4 heteroatoms. The summed E-state index contributed by atoms with van der Waals surface area (Å²) >= 11 is 7.33. The first-order valence-electron chi connectivity index (χ1n) is 4.66. The van der Waals surface area contributed by atoms with Gasteiger partial charge in [-0.3, -0.25) is 0 Å². The summed E-state index contributed by atoms with van der Waals surface area (Å²) in [5.74, 6) is 0. The Balaban J connectivity index is 1.98. The SMILES string of the molecule is CC1(C(N)Cc2ccc(Cl)s2)CC1F. The molecule has 0 spiro atoms. The van der Waals surface area contributed by atoms with Gasteiger partial charge in [0.1, 0.15) is 6.17 Å². The molecule has 3 unspecified atom stereocenters. The maximum atomic E-state index is 13.0. The van der Waals surface area contributed by atoms with Gasteiger partial charge in [0.15, 0.2) is 0 Å². The number of thiophene rings is 1. The third-order valence-corrected chi connectivity index (χ3v) is 4.32. The second-order valence-electron chi connectivity index (χ2n) is 4.19. The molecule has 1 nitrogen and oxygen atoms in total. The van der Waals surface area contributed by atoms with Crippen LogP contribution in [0.4, 0.5) is 4.39 Å². The lowest BCUT2D eigenvalue weighted by atomic mass is 9.96. The first kappa shape index (κ1) is 10.4. The van der Waals surface area contributed by atoms with Gasteiger partial charge in [0.05, 0.1) is 4.34 Å². The smallest absolute Gasteiger partial charge is 0.108 e. The number of nitrogens with two attached hydrogens (primary N) is 1. The molecule has 0 bridgehead atoms. The molecule has 0 aromatic carbocycles. The number of hydrogen-bond acceptors (Lipinski definition) is 2. The van der Waals surface area contributed by atoms with Crippen LogP contribution >= 0.6 is 22.9 Å². The zero-order valence-corrected chi connectivity index (χ0v) is 9.54. The highest BCUT2D eigenvalue weighted by Gasteiger charge is 2.54. The van der Waals surface area contributed by atoms with Gasteiger partial charge in [-0.25, -0.2) is 4.39 Å². The summed E-state index contributed by atoms with van der Waals surface area (Å²) in [6, 6.07) is 3.73. The van der Waals surface area contributed by atoms with E-state index in [9.17, 15) is 4.39 Å². The maximum Gasteiger partial charge on any atom is 0.108 e. The van der Waals surface area contributed by atoms with Gasteiger partial charge >= 0.3 is 0 Å². The van der Waals surface area contributed by atoms with Crippen LogP contribution in [-0.2, 0) is 6.42 Å². The van der Waals surface area contributed by atoms with Crippen LogP contribution in [0, 0.1) is 5.41 Å². The van der Waals surface area contributed by atoms with Crippen LogP contribution in [0.1, 0.15) is 18.2 Å². The van der Waals surface area contributed by atoms with Gasteiger partial charge in [-0.2, -0.15) is 0 Å². The molecule has 2 N–H and O–H groups in total. The molecule has 0 saturated heterocycles. The highest BCUT2D eigenvalue weighted by molar-refractivity contribution is 7.16. The summed E-state index contributed by atoms with van der Waals surface area (Å²) in [5, 5.41) is 0. The Morgan fingerprint density at radius 3 is 2.86 bits per heavy atom. The molecular formula is C10H13ClFNS. The Labute approximate surface area is 92.1 Å². The van der Waals surface area contributed by atoms with E-state index in [4.69, 9.17) is 17.3 Å². The lowest BCUT2D eigenvalue weighted by Crippen LogP contribution is -2.33. The normalized spacial score (nSPS) is 33.0. The number of hydrogen-bond donors (Lipinski definition) is 1. The topological polar surface area (TPSA) is 26.0 Å². The molecule has 3 atom stereocenters. The molecule has 1 fully saturated rings. The van der Waals surface area contributed by atoms with Crippen LogP contribution in [0.25, 0.3) is 0 Å². The van der Waals surface area contributed by atoms with Crippen LogP contribution in [0.15, 0.2) is 12.1 Å². The Morgan fingerprint density at radius 2 is 2.43 bits per heavy atom. The van der Waals surface area contributed by atoms with Crippen molar-refractivity contribution in [2.75, 3.05) is 0 Å². The summed E-state index contributed by atoms with van der Waals surface area (Å²) in [7, 11) is 0. The van der Waals surface area contributed by atoms with Crippen molar-refractivity contribution in [2.24, 2.45) is 11.1 Å². The third-order valence-electron chi connectivity index (χ3n) is 3.07. The number of alkyl halides is 1. The first-order valence-corrected chi connectivity index (χ1v) is 5.85. The molecular weight excluding hydrogens is 221 g/mol. The average molecular weight is 234 g/mol. The van der Waals surface area contributed by atoms with E-state index < -0.39 is 6.17 Å². The molecule has 78 valence electrons. The quantitative estimate of drug-likeness (QED) is 0.854. The second kappa shape index (κ2) is 3.47. The van der Waals surface area contributed by atoms with Crippen molar-refractivity contribution in [3.8, 4) is 0 Å². The van der Waals surface area contributed by atoms with Gasteiger partial charge in [-0.15, -0.1) is 11.3 Å². The van der Waals surface area contributed by atoms with Crippen LogP contribution in [0.5, 0.6) is 0 Å². The molecule has 0 aliphatic heterocycles. The number of halogens is 2. The van der Waals surface area contributed by atoms with E-state index in [1.54, 1.807) is 0 Å². The van der Waals surface area contributed by atoms with Crippen molar-refractivity contribution >= 4 is 22.9 Å². The Kier molecular flexibility index (Phi) is 2.58. The zero-order valence-electron chi connectivity index (χ0n) is 7.97. The highest BCUT2D eigenvalue weighted by atomic mass is 35.5. The summed E-state index contributed by atoms with van der Waals surface area (Å²) in [6.45, 7) is 1.91. The van der Waals surface area contributed by atoms with Gasteiger partial charge in [-0.05, 0) is 25.0 Å². The lowest BCUT2D eigenvalue weighted by molar-refractivity contribution is 0.327. The molecule has 1 aliphatic rings. The minimum atomic E-state index is -0.715. The predicted octanol–water partition coefficient (Wildman–Crippen LogP) is 3.02. The largest absolute Gasteiger partial charge is 0.327 e. The van der Waals surface area contributed by atoms with Gasteiger partial charge < -0.3 is 5.73 Å². The van der Waals surface area contributed by atoms with E-state index in [0.717, 1.165) is 15.6 Å². The molecule has 14 heavy (non-hydrogen) atoms. The van der Waals surface area contributed by atoms with Gasteiger partial charge in [-0.1, -0.05) is 18.5 Å². The summed E-state index contributed by atoms with van der Waals surface area (Å²) in [4.78, 5) is 1.14. The Hall–Kier alpha value is -0.120. The van der Waals surface area contributed by atoms with E-state index >= 15 is 0 Å². The van der Waals surface area contributed by atoms with E-state index in [0.29, 0.717) is 6.42 Å².